The summed E-state index contributed by atoms with van der Waals surface area (Å²) in [4.78, 5) is 19.3. The van der Waals surface area contributed by atoms with Gasteiger partial charge in [-0.2, -0.15) is 5.10 Å². The van der Waals surface area contributed by atoms with Crippen molar-refractivity contribution in [3.8, 4) is 0 Å². The number of nitrogens with zero attached hydrogens (tertiary/aromatic N) is 3. The summed E-state index contributed by atoms with van der Waals surface area (Å²) in [6.45, 7) is 2.05. The maximum Gasteiger partial charge on any atom is 0.275 e. The molecule has 1 amide bonds. The first-order valence-corrected chi connectivity index (χ1v) is 8.03. The van der Waals surface area contributed by atoms with E-state index in [1.165, 1.54) is 12.8 Å². The van der Waals surface area contributed by atoms with Gasteiger partial charge in [0.25, 0.3) is 5.91 Å². The molecular weight excluding hydrogens is 276 g/mol. The first-order valence-electron chi connectivity index (χ1n) is 8.03. The fourth-order valence-corrected chi connectivity index (χ4v) is 2.96. The molecule has 0 spiro atoms. The highest BCUT2D eigenvalue weighted by molar-refractivity contribution is 5.93. The fraction of sp³-hybridized carbons (Fsp3) is 0.471. The van der Waals surface area contributed by atoms with Gasteiger partial charge in [-0.1, -0.05) is 6.07 Å². The Labute approximate surface area is 129 Å². The highest BCUT2D eigenvalue weighted by atomic mass is 16.2. The molecular formula is C17H20N4O. The molecule has 22 heavy (non-hydrogen) atoms. The minimum atomic E-state index is -0.0257. The van der Waals surface area contributed by atoms with E-state index >= 15 is 0 Å². The van der Waals surface area contributed by atoms with Crippen molar-refractivity contribution in [3.63, 3.8) is 0 Å². The molecule has 114 valence electrons. The van der Waals surface area contributed by atoms with E-state index in [9.17, 15) is 4.79 Å². The zero-order chi connectivity index (χ0) is 15.1. The van der Waals surface area contributed by atoms with E-state index in [0.717, 1.165) is 24.2 Å². The number of amides is 1. The van der Waals surface area contributed by atoms with Crippen molar-refractivity contribution in [2.45, 2.75) is 50.6 Å². The lowest BCUT2D eigenvalue weighted by molar-refractivity contribution is 0.0664. The SMILES string of the molecule is C[C@@H](c1ccccn1)N(C(=O)c1cc(C2CC2)[nH]n1)C1CC1. The van der Waals surface area contributed by atoms with Crippen LogP contribution in [0.3, 0.4) is 0 Å². The van der Waals surface area contributed by atoms with Crippen molar-refractivity contribution in [1.29, 1.82) is 0 Å². The zero-order valence-corrected chi connectivity index (χ0v) is 12.7. The van der Waals surface area contributed by atoms with Gasteiger partial charge in [0.15, 0.2) is 0 Å². The molecule has 0 saturated heterocycles. The number of aromatic nitrogens is 3. The van der Waals surface area contributed by atoms with E-state index in [0.29, 0.717) is 17.7 Å². The molecule has 0 aromatic carbocycles. The predicted octanol–water partition coefficient (Wildman–Crippen LogP) is 3.05. The van der Waals surface area contributed by atoms with Crippen LogP contribution in [0.2, 0.25) is 0 Å². The maximum absolute atomic E-state index is 12.9. The summed E-state index contributed by atoms with van der Waals surface area (Å²) in [5, 5.41) is 7.28. The van der Waals surface area contributed by atoms with Gasteiger partial charge in [0.1, 0.15) is 5.69 Å². The van der Waals surface area contributed by atoms with Crippen molar-refractivity contribution in [2.75, 3.05) is 0 Å². The van der Waals surface area contributed by atoms with Gasteiger partial charge >= 0.3 is 0 Å². The molecule has 0 radical (unpaired) electrons. The number of rotatable bonds is 5. The second-order valence-electron chi connectivity index (χ2n) is 6.36. The minimum absolute atomic E-state index is 0.0174. The summed E-state index contributed by atoms with van der Waals surface area (Å²) >= 11 is 0. The third-order valence-electron chi connectivity index (χ3n) is 4.54. The van der Waals surface area contributed by atoms with Crippen LogP contribution in [0.4, 0.5) is 0 Å². The third kappa shape index (κ3) is 2.51. The first-order chi connectivity index (χ1) is 10.7. The number of aromatic amines is 1. The van der Waals surface area contributed by atoms with Gasteiger partial charge in [0.2, 0.25) is 0 Å². The Bertz CT molecular complexity index is 673. The molecule has 2 aromatic rings. The van der Waals surface area contributed by atoms with Crippen LogP contribution in [0.25, 0.3) is 0 Å². The molecule has 2 aliphatic carbocycles. The predicted molar refractivity (Wildman–Crippen MR) is 82.4 cm³/mol. The van der Waals surface area contributed by atoms with Crippen LogP contribution in [0.15, 0.2) is 30.5 Å². The Morgan fingerprint density at radius 1 is 1.32 bits per heavy atom. The van der Waals surface area contributed by atoms with E-state index in [1.54, 1.807) is 6.20 Å². The van der Waals surface area contributed by atoms with Gasteiger partial charge < -0.3 is 4.90 Å². The molecule has 1 atom stereocenters. The summed E-state index contributed by atoms with van der Waals surface area (Å²) in [6.07, 6.45) is 6.33. The van der Waals surface area contributed by atoms with E-state index in [2.05, 4.69) is 15.2 Å². The largest absolute Gasteiger partial charge is 0.326 e. The molecule has 0 unspecified atom stereocenters. The van der Waals surface area contributed by atoms with Crippen molar-refractivity contribution in [1.82, 2.24) is 20.1 Å². The number of hydrogen-bond acceptors (Lipinski definition) is 3. The summed E-state index contributed by atoms with van der Waals surface area (Å²) in [5.41, 5.74) is 2.57. The summed E-state index contributed by atoms with van der Waals surface area (Å²) in [7, 11) is 0. The Balaban J connectivity index is 1.59. The molecule has 2 aromatic heterocycles. The highest BCUT2D eigenvalue weighted by Crippen LogP contribution is 2.40. The molecule has 0 bridgehead atoms. The smallest absolute Gasteiger partial charge is 0.275 e. The number of H-pyrrole nitrogens is 1. The Kier molecular flexibility index (Phi) is 3.21. The first kappa shape index (κ1) is 13.5. The monoisotopic (exact) mass is 296 g/mol. The topological polar surface area (TPSA) is 61.9 Å². The number of nitrogens with one attached hydrogen (secondary N) is 1. The third-order valence-corrected chi connectivity index (χ3v) is 4.54. The molecule has 0 aliphatic heterocycles. The van der Waals surface area contributed by atoms with E-state index in [-0.39, 0.29) is 11.9 Å². The van der Waals surface area contributed by atoms with Crippen LogP contribution < -0.4 is 0 Å². The van der Waals surface area contributed by atoms with Crippen molar-refractivity contribution >= 4 is 5.91 Å². The second kappa shape index (κ2) is 5.23. The molecule has 1 N–H and O–H groups in total. The van der Waals surface area contributed by atoms with Crippen molar-refractivity contribution < 1.29 is 4.79 Å². The summed E-state index contributed by atoms with van der Waals surface area (Å²) in [5.74, 6) is 0.598. The standard InChI is InChI=1S/C17H20N4O/c1-11(14-4-2-3-9-18-14)21(13-7-8-13)17(22)16-10-15(19-20-16)12-5-6-12/h2-4,9-13H,5-8H2,1H3,(H,19,20)/t11-/m0/s1. The quantitative estimate of drug-likeness (QED) is 0.922. The molecule has 2 saturated carbocycles. The van der Waals surface area contributed by atoms with Gasteiger partial charge in [-0.25, -0.2) is 0 Å². The minimum Gasteiger partial charge on any atom is -0.326 e. The summed E-state index contributed by atoms with van der Waals surface area (Å²) < 4.78 is 0. The van der Waals surface area contributed by atoms with Gasteiger partial charge in [-0.05, 0) is 50.8 Å². The van der Waals surface area contributed by atoms with Crippen molar-refractivity contribution in [2.24, 2.45) is 0 Å². The molecule has 5 nitrogen and oxygen atoms in total. The Morgan fingerprint density at radius 2 is 2.14 bits per heavy atom. The van der Waals surface area contributed by atoms with Crippen molar-refractivity contribution in [3.05, 3.63) is 47.5 Å². The fourth-order valence-electron chi connectivity index (χ4n) is 2.96. The van der Waals surface area contributed by atoms with Crippen LogP contribution in [0, 0.1) is 0 Å². The molecule has 2 heterocycles. The van der Waals surface area contributed by atoms with Gasteiger partial charge in [-0.15, -0.1) is 0 Å². The normalized spacial score (nSPS) is 19.0. The van der Waals surface area contributed by atoms with Gasteiger partial charge in [0, 0.05) is 23.9 Å². The van der Waals surface area contributed by atoms with Crippen LogP contribution in [-0.4, -0.2) is 32.0 Å². The summed E-state index contributed by atoms with van der Waals surface area (Å²) in [6, 6.07) is 8.07. The number of hydrogen-bond donors (Lipinski definition) is 1. The number of carbonyl (C=O) groups is 1. The second-order valence-corrected chi connectivity index (χ2v) is 6.36. The Hall–Kier alpha value is -2.17. The zero-order valence-electron chi connectivity index (χ0n) is 12.7. The van der Waals surface area contributed by atoms with E-state index in [1.807, 2.05) is 36.1 Å². The van der Waals surface area contributed by atoms with Crippen LogP contribution in [0.1, 0.15) is 66.4 Å². The lowest BCUT2D eigenvalue weighted by Gasteiger charge is -2.28. The average Bonchev–Trinajstić information content (AvgIpc) is 3.48. The molecule has 2 aliphatic rings. The van der Waals surface area contributed by atoms with Crippen LogP contribution in [-0.2, 0) is 0 Å². The molecule has 2 fully saturated rings. The van der Waals surface area contributed by atoms with E-state index in [4.69, 9.17) is 0 Å². The average molecular weight is 296 g/mol. The molecule has 4 rings (SSSR count). The lowest BCUT2D eigenvalue weighted by Crippen LogP contribution is -2.36. The maximum atomic E-state index is 12.9. The van der Waals surface area contributed by atoms with Gasteiger partial charge in [-0.3, -0.25) is 14.9 Å². The number of pyridine rings is 1. The van der Waals surface area contributed by atoms with Crippen LogP contribution in [0.5, 0.6) is 0 Å². The lowest BCUT2D eigenvalue weighted by atomic mass is 10.1. The number of carbonyl (C=O) groups excluding carboxylic acids is 1. The van der Waals surface area contributed by atoms with Gasteiger partial charge in [0.05, 0.1) is 11.7 Å². The van der Waals surface area contributed by atoms with Crippen LogP contribution >= 0.6 is 0 Å². The highest BCUT2D eigenvalue weighted by Gasteiger charge is 2.38. The van der Waals surface area contributed by atoms with E-state index < -0.39 is 0 Å². The molecule has 5 heteroatoms. The Morgan fingerprint density at radius 3 is 2.77 bits per heavy atom.